The lowest BCUT2D eigenvalue weighted by Gasteiger charge is -2.47. The fourth-order valence-corrected chi connectivity index (χ4v) is 5.35. The second kappa shape index (κ2) is 7.86. The van der Waals surface area contributed by atoms with Gasteiger partial charge >= 0.3 is 5.97 Å². The predicted molar refractivity (Wildman–Crippen MR) is 116 cm³/mol. The van der Waals surface area contributed by atoms with Crippen LogP contribution in [0.2, 0.25) is 0 Å². The Morgan fingerprint density at radius 2 is 2.07 bits per heavy atom. The van der Waals surface area contributed by atoms with E-state index in [1.165, 1.54) is 25.3 Å². The molecule has 0 bridgehead atoms. The highest BCUT2D eigenvalue weighted by Gasteiger charge is 2.41. The molecule has 0 aliphatic carbocycles. The monoisotopic (exact) mass is 416 g/mol. The molecule has 2 heterocycles. The molecule has 0 saturated carbocycles. The first-order valence-corrected chi connectivity index (χ1v) is 10.7. The van der Waals surface area contributed by atoms with E-state index in [9.17, 15) is 14.4 Å². The zero-order valence-electron chi connectivity index (χ0n) is 17.8. The van der Waals surface area contributed by atoms with Gasteiger partial charge in [0.15, 0.2) is 0 Å². The van der Waals surface area contributed by atoms with E-state index in [2.05, 4.69) is 49.5 Å². The molecular weight excluding hydrogens is 388 g/mol. The Morgan fingerprint density at radius 1 is 1.38 bits per heavy atom. The summed E-state index contributed by atoms with van der Waals surface area (Å²) in [5.41, 5.74) is 3.44. The number of carbonyl (C=O) groups excluding carboxylic acids is 3. The normalized spacial score (nSPS) is 23.4. The first-order chi connectivity index (χ1) is 13.6. The average Bonchev–Trinajstić information content (AvgIpc) is 2.93. The van der Waals surface area contributed by atoms with Crippen LogP contribution in [0.15, 0.2) is 23.1 Å². The minimum Gasteiger partial charge on any atom is -0.467 e. The number of anilines is 1. The van der Waals surface area contributed by atoms with Crippen molar-refractivity contribution in [2.45, 2.75) is 58.5 Å². The van der Waals surface area contributed by atoms with Crippen LogP contribution in [0.3, 0.4) is 0 Å². The number of fused-ring (bicyclic) bond motifs is 1. The Kier molecular flexibility index (Phi) is 5.81. The molecule has 2 amide bonds. The van der Waals surface area contributed by atoms with Crippen LogP contribution in [0.5, 0.6) is 0 Å². The van der Waals surface area contributed by atoms with E-state index in [0.717, 1.165) is 35.2 Å². The van der Waals surface area contributed by atoms with E-state index >= 15 is 0 Å². The van der Waals surface area contributed by atoms with Crippen LogP contribution < -0.4 is 4.90 Å². The van der Waals surface area contributed by atoms with Gasteiger partial charge in [-0.25, -0.2) is 4.79 Å². The largest absolute Gasteiger partial charge is 0.467 e. The Morgan fingerprint density at radius 3 is 2.69 bits per heavy atom. The molecule has 2 atom stereocenters. The molecule has 0 N–H and O–H groups in total. The second-order valence-corrected chi connectivity index (χ2v) is 9.22. The molecule has 1 saturated heterocycles. The number of hydrogen-bond acceptors (Lipinski definition) is 6. The van der Waals surface area contributed by atoms with Crippen LogP contribution in [-0.4, -0.2) is 47.3 Å². The summed E-state index contributed by atoms with van der Waals surface area (Å²) in [6, 6.07) is 5.24. The van der Waals surface area contributed by atoms with Crippen LogP contribution in [0.1, 0.15) is 58.1 Å². The highest BCUT2D eigenvalue weighted by Crippen LogP contribution is 2.44. The fraction of sp³-hybridized carbons (Fsp3) is 0.500. The van der Waals surface area contributed by atoms with Crippen molar-refractivity contribution < 1.29 is 19.1 Å². The molecule has 1 aromatic rings. The zero-order valence-corrected chi connectivity index (χ0v) is 18.6. The SMILES string of the molecule is CCN1c2ccc(/C=C3/SC(=O)N([C@@H](C)C(=O)OC)C3=O)cc2[C@@H](C)CC1(C)C. The van der Waals surface area contributed by atoms with Crippen molar-refractivity contribution in [3.63, 3.8) is 0 Å². The van der Waals surface area contributed by atoms with Crippen LogP contribution in [0.25, 0.3) is 6.08 Å². The van der Waals surface area contributed by atoms with Gasteiger partial charge < -0.3 is 9.64 Å². The van der Waals surface area contributed by atoms with Crippen LogP contribution >= 0.6 is 11.8 Å². The van der Waals surface area contributed by atoms with Gasteiger partial charge in [0.05, 0.1) is 12.0 Å². The number of ether oxygens (including phenoxy) is 1. The lowest BCUT2D eigenvalue weighted by atomic mass is 9.79. The first kappa shape index (κ1) is 21.4. The summed E-state index contributed by atoms with van der Waals surface area (Å²) in [4.78, 5) is 40.5. The minimum absolute atomic E-state index is 0.0926. The van der Waals surface area contributed by atoms with Crippen LogP contribution in [-0.2, 0) is 14.3 Å². The van der Waals surface area contributed by atoms with Crippen LogP contribution in [0, 0.1) is 0 Å². The van der Waals surface area contributed by atoms with Gasteiger partial charge in [0.1, 0.15) is 6.04 Å². The molecule has 0 spiro atoms. The van der Waals surface area contributed by atoms with E-state index in [1.54, 1.807) is 6.08 Å². The number of nitrogens with zero attached hydrogens (tertiary/aromatic N) is 2. The number of esters is 1. The molecule has 0 unspecified atom stereocenters. The van der Waals surface area contributed by atoms with Crippen molar-refractivity contribution in [2.24, 2.45) is 0 Å². The van der Waals surface area contributed by atoms with Gasteiger partial charge in [0.2, 0.25) is 0 Å². The summed E-state index contributed by atoms with van der Waals surface area (Å²) in [6.45, 7) is 11.3. The smallest absolute Gasteiger partial charge is 0.328 e. The van der Waals surface area contributed by atoms with Gasteiger partial charge in [-0.05, 0) is 81.1 Å². The summed E-state index contributed by atoms with van der Waals surface area (Å²) in [7, 11) is 1.24. The molecule has 6 nitrogen and oxygen atoms in total. The maximum absolute atomic E-state index is 12.7. The Labute approximate surface area is 176 Å². The molecule has 156 valence electrons. The van der Waals surface area contributed by atoms with Crippen molar-refractivity contribution in [2.75, 3.05) is 18.6 Å². The number of imide groups is 1. The summed E-state index contributed by atoms with van der Waals surface area (Å²) in [5, 5.41) is -0.454. The summed E-state index contributed by atoms with van der Waals surface area (Å²) < 4.78 is 4.67. The highest BCUT2D eigenvalue weighted by molar-refractivity contribution is 8.18. The molecular formula is C22H28N2O4S. The molecule has 1 fully saturated rings. The van der Waals surface area contributed by atoms with Crippen LogP contribution in [0.4, 0.5) is 10.5 Å². The van der Waals surface area contributed by atoms with Gasteiger partial charge in [-0.15, -0.1) is 0 Å². The van der Waals surface area contributed by atoms with Gasteiger partial charge in [0, 0.05) is 17.8 Å². The van der Waals surface area contributed by atoms with Gasteiger partial charge in [0.25, 0.3) is 11.1 Å². The topological polar surface area (TPSA) is 66.9 Å². The van der Waals surface area contributed by atoms with Gasteiger partial charge in [-0.1, -0.05) is 13.0 Å². The quantitative estimate of drug-likeness (QED) is 0.535. The third-order valence-electron chi connectivity index (χ3n) is 5.78. The molecule has 2 aliphatic heterocycles. The number of rotatable bonds is 4. The van der Waals surface area contributed by atoms with Gasteiger partial charge in [-0.3, -0.25) is 14.5 Å². The van der Waals surface area contributed by atoms with E-state index in [-0.39, 0.29) is 5.54 Å². The lowest BCUT2D eigenvalue weighted by molar-refractivity contribution is -0.148. The Balaban J connectivity index is 1.93. The van der Waals surface area contributed by atoms with Crippen molar-refractivity contribution >= 4 is 40.6 Å². The minimum atomic E-state index is -0.942. The molecule has 1 aromatic carbocycles. The zero-order chi connectivity index (χ0) is 21.5. The molecule has 3 rings (SSSR count). The summed E-state index contributed by atoms with van der Waals surface area (Å²) in [6.07, 6.45) is 2.78. The van der Waals surface area contributed by atoms with Crippen molar-refractivity contribution in [3.05, 3.63) is 34.2 Å². The third kappa shape index (κ3) is 3.80. The molecule has 2 aliphatic rings. The average molecular weight is 417 g/mol. The van der Waals surface area contributed by atoms with E-state index in [1.807, 2.05) is 6.07 Å². The summed E-state index contributed by atoms with van der Waals surface area (Å²) >= 11 is 0.856. The maximum Gasteiger partial charge on any atom is 0.328 e. The Bertz CT molecular complexity index is 893. The number of thioether (sulfide) groups is 1. The second-order valence-electron chi connectivity index (χ2n) is 8.23. The number of amides is 2. The Hall–Kier alpha value is -2.28. The molecule has 0 aromatic heterocycles. The summed E-state index contributed by atoms with van der Waals surface area (Å²) in [5.74, 6) is -0.677. The maximum atomic E-state index is 12.7. The van der Waals surface area contributed by atoms with Crippen molar-refractivity contribution in [1.82, 2.24) is 4.90 Å². The lowest BCUT2D eigenvalue weighted by Crippen LogP contribution is -2.48. The van der Waals surface area contributed by atoms with Crippen molar-refractivity contribution in [3.8, 4) is 0 Å². The van der Waals surface area contributed by atoms with E-state index in [0.29, 0.717) is 10.8 Å². The number of hydrogen-bond donors (Lipinski definition) is 0. The highest BCUT2D eigenvalue weighted by atomic mass is 32.2. The van der Waals surface area contributed by atoms with Crippen molar-refractivity contribution in [1.29, 1.82) is 0 Å². The fourth-order valence-electron chi connectivity index (χ4n) is 4.44. The molecule has 7 heteroatoms. The van der Waals surface area contributed by atoms with E-state index in [4.69, 9.17) is 0 Å². The number of methoxy groups -OCH3 is 1. The molecule has 29 heavy (non-hydrogen) atoms. The number of benzene rings is 1. The number of carbonyl (C=O) groups is 3. The van der Waals surface area contributed by atoms with E-state index < -0.39 is 23.2 Å². The first-order valence-electron chi connectivity index (χ1n) is 9.87. The van der Waals surface area contributed by atoms with Gasteiger partial charge in [-0.2, -0.15) is 0 Å². The standard InChI is InChI=1S/C22H28N2O4S/c1-7-23-17-9-8-15(10-16(17)13(2)12-22(23,4)5)11-18-19(25)24(21(27)29-18)14(3)20(26)28-6/h8-11,13-14H,7,12H2,1-6H3/b18-11+/t13-,14-/m0/s1. The molecule has 0 radical (unpaired) electrons. The predicted octanol–water partition coefficient (Wildman–Crippen LogP) is 4.40. The third-order valence-corrected chi connectivity index (χ3v) is 6.66.